The van der Waals surface area contributed by atoms with Crippen LogP contribution in [0.5, 0.6) is 5.75 Å². The first kappa shape index (κ1) is 14.8. The van der Waals surface area contributed by atoms with Crippen LogP contribution < -0.4 is 15.4 Å². The van der Waals surface area contributed by atoms with Crippen molar-refractivity contribution in [2.45, 2.75) is 32.4 Å². The highest BCUT2D eigenvalue weighted by Gasteiger charge is 2.26. The summed E-state index contributed by atoms with van der Waals surface area (Å²) in [6.07, 6.45) is 3.64. The molecule has 6 heteroatoms. The number of hydrogen-bond donors (Lipinski definition) is 2. The predicted octanol–water partition coefficient (Wildman–Crippen LogP) is 2.95. The molecular formula is C16H19N3O2S. The predicted molar refractivity (Wildman–Crippen MR) is 86.3 cm³/mol. The Morgan fingerprint density at radius 1 is 1.50 bits per heavy atom. The fraction of sp³-hybridized carbons (Fsp3) is 0.375. The van der Waals surface area contributed by atoms with Crippen molar-refractivity contribution in [1.29, 1.82) is 0 Å². The zero-order valence-corrected chi connectivity index (χ0v) is 13.5. The summed E-state index contributed by atoms with van der Waals surface area (Å²) in [5, 5.41) is 6.94. The van der Waals surface area contributed by atoms with Gasteiger partial charge in [-0.3, -0.25) is 0 Å². The summed E-state index contributed by atoms with van der Waals surface area (Å²) >= 11 is 1.60. The molecule has 0 unspecified atom stereocenters. The molecule has 1 heterocycles. The van der Waals surface area contributed by atoms with Gasteiger partial charge in [0.25, 0.3) is 0 Å². The molecule has 2 amide bonds. The molecule has 22 heavy (non-hydrogen) atoms. The second kappa shape index (κ2) is 6.36. The third-order valence-corrected chi connectivity index (χ3v) is 4.76. The molecule has 0 radical (unpaired) electrons. The normalized spacial score (nSPS) is 16.2. The van der Waals surface area contributed by atoms with Gasteiger partial charge in [0.1, 0.15) is 5.75 Å². The van der Waals surface area contributed by atoms with Crippen molar-refractivity contribution >= 4 is 17.4 Å². The molecule has 0 spiro atoms. The summed E-state index contributed by atoms with van der Waals surface area (Å²) < 4.78 is 5.38. The van der Waals surface area contributed by atoms with Crippen LogP contribution in [-0.2, 0) is 13.0 Å². The molecule has 0 saturated heterocycles. The lowest BCUT2D eigenvalue weighted by molar-refractivity contribution is 0.236. The third-order valence-electron chi connectivity index (χ3n) is 3.85. The standard InChI is InChI=1S/C16H19N3O2S/c1-10-17-8-11(22-10)9-18-16(20)19-14-7-6-13-12(14)4-3-5-15(13)21-2/h3-5,8,14H,6-7,9H2,1-2H3,(H2,18,19,20)/t14-/m1/s1. The number of hydrogen-bond acceptors (Lipinski definition) is 4. The number of carbonyl (C=O) groups excluding carboxylic acids is 1. The molecule has 1 aromatic carbocycles. The van der Waals surface area contributed by atoms with Crippen molar-refractivity contribution < 1.29 is 9.53 Å². The van der Waals surface area contributed by atoms with Crippen LogP contribution in [0.4, 0.5) is 4.79 Å². The highest BCUT2D eigenvalue weighted by molar-refractivity contribution is 7.11. The molecular weight excluding hydrogens is 298 g/mol. The number of aromatic nitrogens is 1. The molecule has 116 valence electrons. The van der Waals surface area contributed by atoms with Crippen LogP contribution >= 0.6 is 11.3 Å². The molecule has 3 rings (SSSR count). The Morgan fingerprint density at radius 2 is 2.36 bits per heavy atom. The van der Waals surface area contributed by atoms with E-state index in [0.29, 0.717) is 6.54 Å². The first-order valence-electron chi connectivity index (χ1n) is 7.29. The molecule has 5 nitrogen and oxygen atoms in total. The van der Waals surface area contributed by atoms with Crippen molar-refractivity contribution in [3.8, 4) is 5.75 Å². The van der Waals surface area contributed by atoms with Gasteiger partial charge in [0.15, 0.2) is 0 Å². The Hall–Kier alpha value is -2.08. The van der Waals surface area contributed by atoms with Gasteiger partial charge in [-0.25, -0.2) is 9.78 Å². The second-order valence-corrected chi connectivity index (χ2v) is 6.61. The molecule has 1 aliphatic carbocycles. The fourth-order valence-electron chi connectivity index (χ4n) is 2.83. The molecule has 0 fully saturated rings. The lowest BCUT2D eigenvalue weighted by Crippen LogP contribution is -2.36. The highest BCUT2D eigenvalue weighted by atomic mass is 32.1. The van der Waals surface area contributed by atoms with Gasteiger partial charge in [-0.2, -0.15) is 0 Å². The van der Waals surface area contributed by atoms with Gasteiger partial charge >= 0.3 is 6.03 Å². The van der Waals surface area contributed by atoms with Gasteiger partial charge < -0.3 is 15.4 Å². The monoisotopic (exact) mass is 317 g/mol. The van der Waals surface area contributed by atoms with E-state index in [1.54, 1.807) is 24.6 Å². The minimum Gasteiger partial charge on any atom is -0.496 e. The van der Waals surface area contributed by atoms with Crippen LogP contribution in [0.3, 0.4) is 0 Å². The van der Waals surface area contributed by atoms with Crippen LogP contribution in [0, 0.1) is 6.92 Å². The van der Waals surface area contributed by atoms with E-state index in [4.69, 9.17) is 4.74 Å². The number of benzene rings is 1. The topological polar surface area (TPSA) is 63.2 Å². The summed E-state index contributed by atoms with van der Waals surface area (Å²) in [5.41, 5.74) is 2.36. The maximum absolute atomic E-state index is 12.1. The SMILES string of the molecule is COc1cccc2c1CC[C@H]2NC(=O)NCc1cnc(C)s1. The largest absolute Gasteiger partial charge is 0.496 e. The molecule has 0 aliphatic heterocycles. The van der Waals surface area contributed by atoms with Gasteiger partial charge in [-0.1, -0.05) is 12.1 Å². The minimum atomic E-state index is -0.147. The summed E-state index contributed by atoms with van der Waals surface area (Å²) in [4.78, 5) is 17.3. The number of thiazole rings is 1. The molecule has 1 atom stereocenters. The maximum atomic E-state index is 12.1. The smallest absolute Gasteiger partial charge is 0.315 e. The van der Waals surface area contributed by atoms with E-state index in [0.717, 1.165) is 34.0 Å². The Balaban J connectivity index is 1.60. The Kier molecular flexibility index (Phi) is 4.29. The third kappa shape index (κ3) is 3.06. The van der Waals surface area contributed by atoms with E-state index in [-0.39, 0.29) is 12.1 Å². The minimum absolute atomic E-state index is 0.0493. The van der Waals surface area contributed by atoms with Gasteiger partial charge in [0.2, 0.25) is 0 Å². The number of urea groups is 1. The van der Waals surface area contributed by atoms with Gasteiger partial charge in [-0.05, 0) is 37.0 Å². The number of nitrogens with zero attached hydrogens (tertiary/aromatic N) is 1. The molecule has 2 N–H and O–H groups in total. The van der Waals surface area contributed by atoms with Crippen LogP contribution in [0.25, 0.3) is 0 Å². The average molecular weight is 317 g/mol. The zero-order valence-electron chi connectivity index (χ0n) is 12.7. The first-order valence-corrected chi connectivity index (χ1v) is 8.10. The van der Waals surface area contributed by atoms with E-state index in [1.807, 2.05) is 19.1 Å². The lowest BCUT2D eigenvalue weighted by Gasteiger charge is -2.15. The lowest BCUT2D eigenvalue weighted by atomic mass is 10.1. The fourth-order valence-corrected chi connectivity index (χ4v) is 3.56. The number of ether oxygens (including phenoxy) is 1. The molecule has 1 aromatic heterocycles. The summed E-state index contributed by atoms with van der Waals surface area (Å²) in [6.45, 7) is 2.46. The molecule has 0 saturated carbocycles. The van der Waals surface area contributed by atoms with Crippen molar-refractivity contribution in [3.63, 3.8) is 0 Å². The molecule has 2 aromatic rings. The number of aryl methyl sites for hydroxylation is 1. The van der Waals surface area contributed by atoms with Crippen molar-refractivity contribution in [3.05, 3.63) is 45.4 Å². The van der Waals surface area contributed by atoms with Gasteiger partial charge in [0.05, 0.1) is 24.7 Å². The van der Waals surface area contributed by atoms with Crippen molar-refractivity contribution in [1.82, 2.24) is 15.6 Å². The summed E-state index contributed by atoms with van der Waals surface area (Å²) in [7, 11) is 1.68. The van der Waals surface area contributed by atoms with E-state index in [9.17, 15) is 4.79 Å². The summed E-state index contributed by atoms with van der Waals surface area (Å²) in [6, 6.07) is 5.89. The average Bonchev–Trinajstić information content (AvgIpc) is 3.12. The Labute approximate surface area is 133 Å². The van der Waals surface area contributed by atoms with Crippen LogP contribution in [0.2, 0.25) is 0 Å². The number of methoxy groups -OCH3 is 1. The molecule has 1 aliphatic rings. The van der Waals surface area contributed by atoms with E-state index < -0.39 is 0 Å². The number of carbonyl (C=O) groups is 1. The van der Waals surface area contributed by atoms with Crippen molar-refractivity contribution in [2.24, 2.45) is 0 Å². The Morgan fingerprint density at radius 3 is 3.09 bits per heavy atom. The number of fused-ring (bicyclic) bond motifs is 1. The second-order valence-electron chi connectivity index (χ2n) is 5.29. The van der Waals surface area contributed by atoms with Crippen LogP contribution in [0.15, 0.2) is 24.4 Å². The van der Waals surface area contributed by atoms with E-state index in [2.05, 4.69) is 21.7 Å². The van der Waals surface area contributed by atoms with E-state index in [1.165, 1.54) is 5.56 Å². The zero-order chi connectivity index (χ0) is 15.5. The summed E-state index contributed by atoms with van der Waals surface area (Å²) in [5.74, 6) is 0.905. The number of amides is 2. The highest BCUT2D eigenvalue weighted by Crippen LogP contribution is 2.36. The Bertz CT molecular complexity index is 684. The first-order chi connectivity index (χ1) is 10.7. The van der Waals surface area contributed by atoms with Crippen molar-refractivity contribution in [2.75, 3.05) is 7.11 Å². The maximum Gasteiger partial charge on any atom is 0.315 e. The number of nitrogens with one attached hydrogen (secondary N) is 2. The van der Waals surface area contributed by atoms with Crippen LogP contribution in [-0.4, -0.2) is 18.1 Å². The van der Waals surface area contributed by atoms with E-state index >= 15 is 0 Å². The van der Waals surface area contributed by atoms with Gasteiger partial charge in [-0.15, -0.1) is 11.3 Å². The van der Waals surface area contributed by atoms with Gasteiger partial charge in [0, 0.05) is 11.1 Å². The number of rotatable bonds is 4. The molecule has 0 bridgehead atoms. The van der Waals surface area contributed by atoms with Crippen LogP contribution in [0.1, 0.15) is 33.5 Å². The quantitative estimate of drug-likeness (QED) is 0.911.